The number of benzene rings is 1. The van der Waals surface area contributed by atoms with Crippen molar-refractivity contribution in [2.75, 3.05) is 11.1 Å². The summed E-state index contributed by atoms with van der Waals surface area (Å²) >= 11 is 0. The predicted octanol–water partition coefficient (Wildman–Crippen LogP) is 0.737. The summed E-state index contributed by atoms with van der Waals surface area (Å²) in [6, 6.07) is 6.62. The molecule has 102 valence electrons. The van der Waals surface area contributed by atoms with Crippen LogP contribution in [0.1, 0.15) is 16.2 Å². The first-order chi connectivity index (χ1) is 9.54. The molecule has 0 spiro atoms. The van der Waals surface area contributed by atoms with Gasteiger partial charge >= 0.3 is 5.97 Å². The Morgan fingerprint density at radius 1 is 1.30 bits per heavy atom. The first-order valence-electron chi connectivity index (χ1n) is 5.55. The molecule has 1 amide bonds. The number of amides is 1. The van der Waals surface area contributed by atoms with E-state index < -0.39 is 11.9 Å². The molecule has 0 aliphatic heterocycles. The van der Waals surface area contributed by atoms with E-state index in [1.165, 1.54) is 6.08 Å². The molecule has 2 rings (SSSR count). The molecule has 0 saturated carbocycles. The van der Waals surface area contributed by atoms with Crippen LogP contribution in [0.2, 0.25) is 0 Å². The van der Waals surface area contributed by atoms with Crippen molar-refractivity contribution in [1.82, 2.24) is 15.2 Å². The highest BCUT2D eigenvalue weighted by Gasteiger charge is 2.10. The first kappa shape index (κ1) is 13.3. The number of aliphatic carboxylic acids is 1. The molecule has 0 aliphatic carbocycles. The van der Waals surface area contributed by atoms with Crippen molar-refractivity contribution >= 4 is 29.6 Å². The van der Waals surface area contributed by atoms with Crippen molar-refractivity contribution in [1.29, 1.82) is 0 Å². The minimum Gasteiger partial charge on any atom is -0.478 e. The standard InChI is InChI=1S/C12H11N5O3/c13-12-15-10(16-17-12)11(20)14-8-4-1-7(2-5-8)3-6-9(18)19/h1-6H,(H,14,20)(H,18,19)(H3,13,15,16,17)/b6-3+. The Hall–Kier alpha value is -3.16. The van der Waals surface area contributed by atoms with Gasteiger partial charge in [-0.25, -0.2) is 4.79 Å². The molecule has 1 aromatic heterocycles. The molecule has 0 atom stereocenters. The normalized spacial score (nSPS) is 10.6. The molecule has 8 nitrogen and oxygen atoms in total. The van der Waals surface area contributed by atoms with Gasteiger partial charge in [0.25, 0.3) is 5.91 Å². The summed E-state index contributed by atoms with van der Waals surface area (Å²) in [6.07, 6.45) is 2.48. The molecule has 0 radical (unpaired) electrons. The Balaban J connectivity index is 2.03. The summed E-state index contributed by atoms with van der Waals surface area (Å²) in [5.74, 6) is -1.49. The van der Waals surface area contributed by atoms with Crippen molar-refractivity contribution in [2.24, 2.45) is 0 Å². The number of nitrogen functional groups attached to an aromatic ring is 1. The molecule has 2 aromatic rings. The quantitative estimate of drug-likeness (QED) is 0.607. The number of nitrogens with two attached hydrogens (primary N) is 1. The average Bonchev–Trinajstić information content (AvgIpc) is 2.85. The van der Waals surface area contributed by atoms with E-state index in [4.69, 9.17) is 10.8 Å². The second-order valence-corrected chi connectivity index (χ2v) is 3.79. The molecule has 1 aromatic carbocycles. The monoisotopic (exact) mass is 273 g/mol. The molecule has 0 aliphatic rings. The van der Waals surface area contributed by atoms with Crippen LogP contribution >= 0.6 is 0 Å². The minimum absolute atomic E-state index is 0.00990. The fraction of sp³-hybridized carbons (Fsp3) is 0. The van der Waals surface area contributed by atoms with Crippen LogP contribution in [0.4, 0.5) is 11.6 Å². The third-order valence-electron chi connectivity index (χ3n) is 2.30. The molecule has 0 unspecified atom stereocenters. The Kier molecular flexibility index (Phi) is 3.75. The lowest BCUT2D eigenvalue weighted by atomic mass is 10.2. The summed E-state index contributed by atoms with van der Waals surface area (Å²) in [4.78, 5) is 25.8. The summed E-state index contributed by atoms with van der Waals surface area (Å²) in [5, 5.41) is 17.0. The van der Waals surface area contributed by atoms with Crippen LogP contribution in [0.25, 0.3) is 6.08 Å². The highest BCUT2D eigenvalue weighted by Crippen LogP contribution is 2.11. The van der Waals surface area contributed by atoms with Crippen LogP contribution in [0.15, 0.2) is 30.3 Å². The summed E-state index contributed by atoms with van der Waals surface area (Å²) < 4.78 is 0. The van der Waals surface area contributed by atoms with E-state index in [1.54, 1.807) is 24.3 Å². The zero-order valence-corrected chi connectivity index (χ0v) is 10.2. The third kappa shape index (κ3) is 3.42. The van der Waals surface area contributed by atoms with Gasteiger partial charge in [-0.2, -0.15) is 4.98 Å². The van der Waals surface area contributed by atoms with Crippen LogP contribution < -0.4 is 11.1 Å². The Morgan fingerprint density at radius 3 is 2.55 bits per heavy atom. The van der Waals surface area contributed by atoms with Gasteiger partial charge in [-0.1, -0.05) is 12.1 Å². The Bertz CT molecular complexity index is 660. The Morgan fingerprint density at radius 2 is 2.00 bits per heavy atom. The van der Waals surface area contributed by atoms with E-state index in [0.29, 0.717) is 11.3 Å². The number of carbonyl (C=O) groups is 2. The van der Waals surface area contributed by atoms with Crippen molar-refractivity contribution in [3.8, 4) is 0 Å². The van der Waals surface area contributed by atoms with Gasteiger partial charge in [-0.15, -0.1) is 5.10 Å². The number of hydrogen-bond donors (Lipinski definition) is 4. The molecule has 0 fully saturated rings. The van der Waals surface area contributed by atoms with Gasteiger partial charge in [-0.3, -0.25) is 9.89 Å². The number of H-pyrrole nitrogens is 1. The van der Waals surface area contributed by atoms with Gasteiger partial charge in [0.2, 0.25) is 11.8 Å². The smallest absolute Gasteiger partial charge is 0.328 e. The maximum atomic E-state index is 11.7. The fourth-order valence-electron chi connectivity index (χ4n) is 1.41. The largest absolute Gasteiger partial charge is 0.478 e. The van der Waals surface area contributed by atoms with E-state index in [0.717, 1.165) is 6.08 Å². The number of aromatic nitrogens is 3. The summed E-state index contributed by atoms with van der Waals surface area (Å²) in [7, 11) is 0. The van der Waals surface area contributed by atoms with Gasteiger partial charge in [0.05, 0.1) is 0 Å². The molecule has 5 N–H and O–H groups in total. The molecular weight excluding hydrogens is 262 g/mol. The summed E-state index contributed by atoms with van der Waals surface area (Å²) in [5.41, 5.74) is 6.54. The number of carboxylic acid groups (broad SMARTS) is 1. The van der Waals surface area contributed by atoms with Gasteiger partial charge in [0.15, 0.2) is 0 Å². The third-order valence-corrected chi connectivity index (χ3v) is 2.30. The molecular formula is C12H11N5O3. The van der Waals surface area contributed by atoms with Crippen molar-refractivity contribution in [3.05, 3.63) is 41.7 Å². The average molecular weight is 273 g/mol. The number of nitrogens with one attached hydrogen (secondary N) is 2. The van der Waals surface area contributed by atoms with E-state index in [1.807, 2.05) is 0 Å². The van der Waals surface area contributed by atoms with Gasteiger partial charge < -0.3 is 16.2 Å². The van der Waals surface area contributed by atoms with Crippen LogP contribution in [-0.4, -0.2) is 32.2 Å². The maximum Gasteiger partial charge on any atom is 0.328 e. The van der Waals surface area contributed by atoms with Gasteiger partial charge in [0.1, 0.15) is 0 Å². The predicted molar refractivity (Wildman–Crippen MR) is 71.9 cm³/mol. The van der Waals surface area contributed by atoms with Crippen molar-refractivity contribution in [2.45, 2.75) is 0 Å². The van der Waals surface area contributed by atoms with Crippen molar-refractivity contribution < 1.29 is 14.7 Å². The van der Waals surface area contributed by atoms with E-state index in [-0.39, 0.29) is 11.8 Å². The lowest BCUT2D eigenvalue weighted by Gasteiger charge is -2.02. The summed E-state index contributed by atoms with van der Waals surface area (Å²) in [6.45, 7) is 0. The topological polar surface area (TPSA) is 134 Å². The van der Waals surface area contributed by atoms with Crippen molar-refractivity contribution in [3.63, 3.8) is 0 Å². The van der Waals surface area contributed by atoms with Crippen LogP contribution in [0.3, 0.4) is 0 Å². The Labute approximate surface area is 113 Å². The lowest BCUT2D eigenvalue weighted by Crippen LogP contribution is -2.13. The molecule has 1 heterocycles. The number of rotatable bonds is 4. The van der Waals surface area contributed by atoms with Crippen LogP contribution in [0, 0.1) is 0 Å². The molecule has 0 saturated heterocycles. The number of hydrogen-bond acceptors (Lipinski definition) is 5. The second-order valence-electron chi connectivity index (χ2n) is 3.79. The fourth-order valence-corrected chi connectivity index (χ4v) is 1.41. The van der Waals surface area contributed by atoms with E-state index in [2.05, 4.69) is 20.5 Å². The highest BCUT2D eigenvalue weighted by molar-refractivity contribution is 6.01. The molecule has 20 heavy (non-hydrogen) atoms. The molecule has 0 bridgehead atoms. The number of aromatic amines is 1. The maximum absolute atomic E-state index is 11.7. The SMILES string of the molecule is Nc1n[nH]c(C(=O)Nc2ccc(/C=C/C(=O)O)cc2)n1. The zero-order chi connectivity index (χ0) is 14.5. The van der Waals surface area contributed by atoms with Gasteiger partial charge in [-0.05, 0) is 23.8 Å². The zero-order valence-electron chi connectivity index (χ0n) is 10.2. The highest BCUT2D eigenvalue weighted by atomic mass is 16.4. The lowest BCUT2D eigenvalue weighted by molar-refractivity contribution is -0.131. The number of nitrogens with zero attached hydrogens (tertiary/aromatic N) is 2. The van der Waals surface area contributed by atoms with E-state index in [9.17, 15) is 9.59 Å². The van der Waals surface area contributed by atoms with Crippen LogP contribution in [-0.2, 0) is 4.79 Å². The molecule has 8 heteroatoms. The van der Waals surface area contributed by atoms with E-state index >= 15 is 0 Å². The number of carbonyl (C=O) groups excluding carboxylic acids is 1. The second kappa shape index (κ2) is 5.65. The number of carboxylic acids is 1. The first-order valence-corrected chi connectivity index (χ1v) is 5.55. The minimum atomic E-state index is -1.02. The van der Waals surface area contributed by atoms with Crippen LogP contribution in [0.5, 0.6) is 0 Å². The van der Waals surface area contributed by atoms with Gasteiger partial charge in [0, 0.05) is 11.8 Å². The number of anilines is 2.